The van der Waals surface area contributed by atoms with E-state index in [-0.39, 0.29) is 59.5 Å². The normalized spacial score (nSPS) is 37.0. The number of nitrogens with zero attached hydrogens (tertiary/aromatic N) is 2. The molecule has 0 aromatic rings. The van der Waals surface area contributed by atoms with Gasteiger partial charge in [-0.3, -0.25) is 4.79 Å². The number of piperidine rings is 2. The maximum absolute atomic E-state index is 12.8. The van der Waals surface area contributed by atoms with Gasteiger partial charge in [-0.05, 0) is 104 Å². The summed E-state index contributed by atoms with van der Waals surface area (Å²) in [7, 11) is 4.06. The minimum Gasteiger partial charge on any atom is -0.376 e. The van der Waals surface area contributed by atoms with Crippen LogP contribution < -0.4 is 21.3 Å². The predicted octanol–water partition coefficient (Wildman–Crippen LogP) is 2.24. The van der Waals surface area contributed by atoms with Crippen LogP contribution in [0.5, 0.6) is 0 Å². The van der Waals surface area contributed by atoms with Crippen LogP contribution in [0.3, 0.4) is 0 Å². The fraction of sp³-hybridized carbons (Fsp3) is 0.933. The summed E-state index contributed by atoms with van der Waals surface area (Å²) in [5.74, 6) is 0.846. The SMILES string of the molecule is CCOC1CC2NCC(C#N)C(NC3CCC(OCC4CCNCC4)C(Cl)C3)C2CC1NC(=O)CCCN(C)C. The Balaban J connectivity index is 1.34. The van der Waals surface area contributed by atoms with Crippen LogP contribution >= 0.6 is 11.6 Å². The van der Waals surface area contributed by atoms with Crippen molar-refractivity contribution in [1.29, 1.82) is 5.26 Å². The van der Waals surface area contributed by atoms with Crippen LogP contribution in [-0.4, -0.2) is 106 Å². The van der Waals surface area contributed by atoms with E-state index in [1.54, 1.807) is 0 Å². The lowest BCUT2D eigenvalue weighted by Crippen LogP contribution is -2.66. The number of alkyl halides is 1. The van der Waals surface area contributed by atoms with E-state index in [1.807, 2.05) is 21.0 Å². The molecule has 0 aromatic heterocycles. The highest BCUT2D eigenvalue weighted by molar-refractivity contribution is 6.21. The van der Waals surface area contributed by atoms with Crippen molar-refractivity contribution in [2.24, 2.45) is 17.8 Å². The number of nitrogens with one attached hydrogen (secondary N) is 4. The molecule has 9 nitrogen and oxygen atoms in total. The first-order valence-corrected chi connectivity index (χ1v) is 16.2. The number of hydrogen-bond donors (Lipinski definition) is 4. The van der Waals surface area contributed by atoms with Crippen LogP contribution in [0.4, 0.5) is 0 Å². The highest BCUT2D eigenvalue weighted by Crippen LogP contribution is 2.36. The average Bonchev–Trinajstić information content (AvgIpc) is 2.94. The molecule has 0 spiro atoms. The molecule has 9 atom stereocenters. The number of nitriles is 1. The van der Waals surface area contributed by atoms with Crippen LogP contribution in [0, 0.1) is 29.1 Å². The average molecular weight is 581 g/mol. The van der Waals surface area contributed by atoms with Crippen molar-refractivity contribution in [2.75, 3.05) is 53.5 Å². The third kappa shape index (κ3) is 9.00. The van der Waals surface area contributed by atoms with Gasteiger partial charge in [0.2, 0.25) is 5.91 Å². The molecule has 2 aliphatic heterocycles. The summed E-state index contributed by atoms with van der Waals surface area (Å²) in [5.41, 5.74) is 0. The van der Waals surface area contributed by atoms with Gasteiger partial charge in [-0.2, -0.15) is 5.26 Å². The first kappa shape index (κ1) is 31.9. The van der Waals surface area contributed by atoms with Gasteiger partial charge >= 0.3 is 0 Å². The monoisotopic (exact) mass is 580 g/mol. The van der Waals surface area contributed by atoms with Gasteiger partial charge < -0.3 is 35.6 Å². The van der Waals surface area contributed by atoms with Crippen molar-refractivity contribution in [3.63, 3.8) is 0 Å². The molecule has 2 heterocycles. The number of rotatable bonds is 12. The maximum atomic E-state index is 12.8. The number of fused-ring (bicyclic) bond motifs is 1. The molecule has 4 N–H and O–H groups in total. The summed E-state index contributed by atoms with van der Waals surface area (Å²) >= 11 is 6.89. The molecule has 40 heavy (non-hydrogen) atoms. The van der Waals surface area contributed by atoms with Gasteiger partial charge in [-0.1, -0.05) is 0 Å². The lowest BCUT2D eigenvalue weighted by molar-refractivity contribution is -0.124. The topological polar surface area (TPSA) is 111 Å². The van der Waals surface area contributed by atoms with E-state index < -0.39 is 0 Å². The van der Waals surface area contributed by atoms with E-state index in [2.05, 4.69) is 32.2 Å². The largest absolute Gasteiger partial charge is 0.376 e. The summed E-state index contributed by atoms with van der Waals surface area (Å²) < 4.78 is 12.5. The van der Waals surface area contributed by atoms with E-state index >= 15 is 0 Å². The number of amides is 1. The quantitative estimate of drug-likeness (QED) is 0.260. The Bertz CT molecular complexity index is 822. The molecule has 1 amide bonds. The molecule has 0 radical (unpaired) electrons. The van der Waals surface area contributed by atoms with Gasteiger partial charge in [0, 0.05) is 44.3 Å². The second-order valence-electron chi connectivity index (χ2n) is 12.7. The molecule has 228 valence electrons. The summed E-state index contributed by atoms with van der Waals surface area (Å²) in [4.78, 5) is 14.9. The van der Waals surface area contributed by atoms with Gasteiger partial charge in [0.25, 0.3) is 0 Å². The standard InChI is InChI=1S/C30H53ClN6O3/c1-4-39-28-16-25-23(15-26(28)36-29(38)6-5-13-37(2)3)30(21(17-32)18-34-25)35-22-7-8-27(24(31)14-22)40-19-20-9-11-33-12-10-20/h20-28,30,33-35H,4-16,18-19H2,1-3H3,(H,36,38). The van der Waals surface area contributed by atoms with Crippen molar-refractivity contribution >= 4 is 17.5 Å². The van der Waals surface area contributed by atoms with Crippen LogP contribution in [0.15, 0.2) is 0 Å². The highest BCUT2D eigenvalue weighted by Gasteiger charge is 2.47. The molecule has 9 unspecified atom stereocenters. The summed E-state index contributed by atoms with van der Waals surface area (Å²) in [6.07, 6.45) is 8.25. The smallest absolute Gasteiger partial charge is 0.220 e. The molecular formula is C30H53ClN6O3. The highest BCUT2D eigenvalue weighted by atomic mass is 35.5. The zero-order chi connectivity index (χ0) is 28.5. The molecular weight excluding hydrogens is 528 g/mol. The van der Waals surface area contributed by atoms with Crippen molar-refractivity contribution in [2.45, 2.75) is 106 Å². The van der Waals surface area contributed by atoms with E-state index in [0.717, 1.165) is 64.8 Å². The lowest BCUT2D eigenvalue weighted by atomic mass is 9.69. The zero-order valence-electron chi connectivity index (χ0n) is 24.9. The van der Waals surface area contributed by atoms with E-state index in [1.165, 1.54) is 12.8 Å². The summed E-state index contributed by atoms with van der Waals surface area (Å²) in [5, 5.41) is 24.4. The molecule has 10 heteroatoms. The number of carbonyl (C=O) groups excluding carboxylic acids is 1. The van der Waals surface area contributed by atoms with Gasteiger partial charge in [-0.15, -0.1) is 11.6 Å². The third-order valence-electron chi connectivity index (χ3n) is 9.52. The number of halogens is 1. The van der Waals surface area contributed by atoms with E-state index in [4.69, 9.17) is 21.1 Å². The second-order valence-corrected chi connectivity index (χ2v) is 13.3. The first-order chi connectivity index (χ1) is 19.4. The molecule has 2 aliphatic carbocycles. The Morgan fingerprint density at radius 2 is 1.90 bits per heavy atom. The van der Waals surface area contributed by atoms with Crippen LogP contribution in [0.1, 0.15) is 64.7 Å². The molecule has 2 saturated heterocycles. The minimum atomic E-state index is -0.121. The van der Waals surface area contributed by atoms with Gasteiger partial charge in [0.1, 0.15) is 0 Å². The molecule has 0 aromatic carbocycles. The fourth-order valence-corrected chi connectivity index (χ4v) is 7.71. The lowest BCUT2D eigenvalue weighted by Gasteiger charge is -2.50. The fourth-order valence-electron chi connectivity index (χ4n) is 7.29. The molecule has 4 fully saturated rings. The van der Waals surface area contributed by atoms with Gasteiger partial charge in [0.05, 0.1) is 35.6 Å². The predicted molar refractivity (Wildman–Crippen MR) is 158 cm³/mol. The van der Waals surface area contributed by atoms with Crippen LogP contribution in [0.2, 0.25) is 0 Å². The maximum Gasteiger partial charge on any atom is 0.220 e. The zero-order valence-corrected chi connectivity index (χ0v) is 25.6. The Morgan fingerprint density at radius 1 is 1.10 bits per heavy atom. The second kappa shape index (κ2) is 16.0. The first-order valence-electron chi connectivity index (χ1n) is 15.8. The van der Waals surface area contributed by atoms with Crippen molar-refractivity contribution in [3.05, 3.63) is 0 Å². The third-order valence-corrected chi connectivity index (χ3v) is 9.98. The minimum absolute atomic E-state index is 0.0180. The van der Waals surface area contributed by atoms with Gasteiger partial charge in [-0.25, -0.2) is 0 Å². The van der Waals surface area contributed by atoms with E-state index in [9.17, 15) is 10.1 Å². The van der Waals surface area contributed by atoms with Crippen molar-refractivity contribution in [1.82, 2.24) is 26.2 Å². The Morgan fingerprint density at radius 3 is 2.60 bits per heavy atom. The van der Waals surface area contributed by atoms with E-state index in [0.29, 0.717) is 25.5 Å². The number of hydrogen-bond acceptors (Lipinski definition) is 8. The van der Waals surface area contributed by atoms with Crippen molar-refractivity contribution in [3.8, 4) is 6.07 Å². The molecule has 2 saturated carbocycles. The molecule has 4 rings (SSSR count). The molecule has 4 aliphatic rings. The summed E-state index contributed by atoms with van der Waals surface area (Å²) in [6, 6.07) is 3.12. The van der Waals surface area contributed by atoms with Crippen molar-refractivity contribution < 1.29 is 14.3 Å². The Hall–Kier alpha value is -0.990. The molecule has 0 bridgehead atoms. The Labute approximate surface area is 246 Å². The van der Waals surface area contributed by atoms with Crippen LogP contribution in [0.25, 0.3) is 0 Å². The number of carbonyl (C=O) groups is 1. The summed E-state index contributed by atoms with van der Waals surface area (Å²) in [6.45, 7) is 7.18. The van der Waals surface area contributed by atoms with Gasteiger partial charge in [0.15, 0.2) is 0 Å². The Kier molecular flexibility index (Phi) is 12.8. The van der Waals surface area contributed by atoms with Crippen LogP contribution in [-0.2, 0) is 14.3 Å². The number of ether oxygens (including phenoxy) is 2.